The fourth-order valence-electron chi connectivity index (χ4n) is 4.14. The van der Waals surface area contributed by atoms with Crippen molar-refractivity contribution in [1.29, 1.82) is 0 Å². The number of allylic oxidation sites excluding steroid dienone is 1. The molecule has 1 saturated heterocycles. The molecule has 3 N–H and O–H groups in total. The van der Waals surface area contributed by atoms with Crippen molar-refractivity contribution >= 4 is 53.2 Å². The number of hydrogen-bond acceptors (Lipinski definition) is 10. The Kier molecular flexibility index (Phi) is 9.12. The van der Waals surface area contributed by atoms with Crippen LogP contribution in [0, 0.1) is 0 Å². The number of fused-ring (bicyclic) bond motifs is 1. The number of aryl methyl sites for hydroxylation is 1. The second-order valence-corrected chi connectivity index (χ2v) is 11.5. The molecule has 1 unspecified atom stereocenters. The normalized spacial score (nSPS) is 18.5. The van der Waals surface area contributed by atoms with Gasteiger partial charge in [0.15, 0.2) is 0 Å². The molecule has 3 heterocycles. The minimum atomic E-state index is -1.25. The van der Waals surface area contributed by atoms with E-state index in [1.54, 1.807) is 51.2 Å². The molecular formula is C25H28N8O6S2. The zero-order valence-electron chi connectivity index (χ0n) is 22.6. The lowest BCUT2D eigenvalue weighted by atomic mass is 10.0. The lowest BCUT2D eigenvalue weighted by Crippen LogP contribution is -2.71. The molecule has 0 aliphatic carbocycles. The summed E-state index contributed by atoms with van der Waals surface area (Å²) < 4.78 is 1.46. The van der Waals surface area contributed by atoms with Gasteiger partial charge in [0.2, 0.25) is 11.1 Å². The van der Waals surface area contributed by atoms with E-state index in [1.165, 1.54) is 46.2 Å². The Balaban J connectivity index is 1.49. The van der Waals surface area contributed by atoms with Gasteiger partial charge in [0.05, 0.1) is 0 Å². The SMILES string of the molecule is CC(C)=CC(=O)N(C)C(=O)N[C@@H](C(=O)NC1C(=O)N2C(C(=O)O)=C(CSc3nnnn3C)CS[C@H]12)c1ccccc1. The number of imide groups is 1. The van der Waals surface area contributed by atoms with Gasteiger partial charge in [0.25, 0.3) is 11.8 Å². The molecule has 14 nitrogen and oxygen atoms in total. The molecule has 41 heavy (non-hydrogen) atoms. The van der Waals surface area contributed by atoms with Crippen LogP contribution < -0.4 is 10.6 Å². The predicted octanol–water partition coefficient (Wildman–Crippen LogP) is 0.916. The molecule has 1 aromatic heterocycles. The van der Waals surface area contributed by atoms with Crippen molar-refractivity contribution in [2.45, 2.75) is 36.5 Å². The number of rotatable bonds is 9. The van der Waals surface area contributed by atoms with E-state index in [0.29, 0.717) is 27.6 Å². The first-order valence-electron chi connectivity index (χ1n) is 12.3. The molecule has 0 spiro atoms. The van der Waals surface area contributed by atoms with Crippen molar-refractivity contribution in [3.63, 3.8) is 0 Å². The standard InChI is InChI=1S/C25H28N8O6S2/c1-13(2)10-16(34)31(3)24(39)27-17(14-8-6-5-7-9-14)20(35)26-18-21(36)33-19(23(37)38)15(11-40-22(18)33)12-41-25-28-29-30-32(25)4/h5-10,17-18,22H,11-12H2,1-4H3,(H,26,35)(H,27,39)(H,37,38)/t17-,18?,22-/m1/s1. The number of nitrogens with zero attached hydrogens (tertiary/aromatic N) is 6. The maximum Gasteiger partial charge on any atom is 0.352 e. The number of tetrazole rings is 1. The van der Waals surface area contributed by atoms with Crippen LogP contribution in [0.2, 0.25) is 0 Å². The van der Waals surface area contributed by atoms with Crippen LogP contribution in [-0.4, -0.2) is 94.8 Å². The smallest absolute Gasteiger partial charge is 0.352 e. The van der Waals surface area contributed by atoms with Gasteiger partial charge in [0.1, 0.15) is 23.2 Å². The summed E-state index contributed by atoms with van der Waals surface area (Å²) >= 11 is 2.57. The summed E-state index contributed by atoms with van der Waals surface area (Å²) in [7, 11) is 2.95. The number of β-lactam (4-membered cyclic amide) rings is 1. The number of likely N-dealkylation sites (N-methyl/N-ethyl adjacent to an activating group) is 1. The van der Waals surface area contributed by atoms with Crippen molar-refractivity contribution < 1.29 is 29.1 Å². The van der Waals surface area contributed by atoms with Crippen LogP contribution >= 0.6 is 23.5 Å². The number of amides is 5. The van der Waals surface area contributed by atoms with Crippen LogP contribution in [0.4, 0.5) is 4.79 Å². The van der Waals surface area contributed by atoms with Crippen LogP contribution in [0.5, 0.6) is 0 Å². The van der Waals surface area contributed by atoms with E-state index in [2.05, 4.69) is 26.2 Å². The Morgan fingerprint density at radius 2 is 1.95 bits per heavy atom. The Morgan fingerprint density at radius 1 is 1.24 bits per heavy atom. The molecular weight excluding hydrogens is 572 g/mol. The lowest BCUT2D eigenvalue weighted by Gasteiger charge is -2.49. The molecule has 0 saturated carbocycles. The fourth-order valence-corrected chi connectivity index (χ4v) is 6.47. The van der Waals surface area contributed by atoms with Gasteiger partial charge in [0, 0.05) is 31.7 Å². The minimum absolute atomic E-state index is 0.126. The molecule has 5 amide bonds. The molecule has 216 valence electrons. The molecule has 2 aliphatic rings. The van der Waals surface area contributed by atoms with E-state index in [1.807, 2.05) is 0 Å². The number of aliphatic carboxylic acids is 1. The predicted molar refractivity (Wildman–Crippen MR) is 149 cm³/mol. The number of urea groups is 1. The quantitative estimate of drug-likeness (QED) is 0.212. The van der Waals surface area contributed by atoms with E-state index in [9.17, 15) is 29.1 Å². The molecule has 4 rings (SSSR count). The first-order valence-corrected chi connectivity index (χ1v) is 14.4. The van der Waals surface area contributed by atoms with Crippen LogP contribution in [0.3, 0.4) is 0 Å². The Labute approximate surface area is 243 Å². The summed E-state index contributed by atoms with van der Waals surface area (Å²) in [4.78, 5) is 66.0. The van der Waals surface area contributed by atoms with Crippen LogP contribution in [0.1, 0.15) is 25.5 Å². The van der Waals surface area contributed by atoms with Crippen molar-refractivity contribution in [3.05, 3.63) is 58.8 Å². The molecule has 16 heteroatoms. The Bertz CT molecular complexity index is 1440. The van der Waals surface area contributed by atoms with Gasteiger partial charge in [-0.05, 0) is 35.4 Å². The number of hydrogen-bond donors (Lipinski definition) is 3. The number of carboxylic acids is 1. The Morgan fingerprint density at radius 3 is 2.56 bits per heavy atom. The highest BCUT2D eigenvalue weighted by molar-refractivity contribution is 8.01. The largest absolute Gasteiger partial charge is 0.477 e. The minimum Gasteiger partial charge on any atom is -0.477 e. The van der Waals surface area contributed by atoms with Crippen LogP contribution in [0.25, 0.3) is 0 Å². The van der Waals surface area contributed by atoms with E-state index < -0.39 is 47.2 Å². The lowest BCUT2D eigenvalue weighted by molar-refractivity contribution is -0.151. The first-order chi connectivity index (χ1) is 19.5. The highest BCUT2D eigenvalue weighted by Gasteiger charge is 2.54. The molecule has 1 aromatic carbocycles. The second kappa shape index (κ2) is 12.6. The topological polar surface area (TPSA) is 180 Å². The third-order valence-electron chi connectivity index (χ3n) is 6.21. The summed E-state index contributed by atoms with van der Waals surface area (Å²) in [5.74, 6) is -2.49. The van der Waals surface area contributed by atoms with E-state index in [-0.39, 0.29) is 11.4 Å². The van der Waals surface area contributed by atoms with Gasteiger partial charge in [-0.2, -0.15) is 0 Å². The average molecular weight is 601 g/mol. The zero-order chi connectivity index (χ0) is 29.8. The van der Waals surface area contributed by atoms with Crippen molar-refractivity contribution in [1.82, 2.24) is 40.6 Å². The highest BCUT2D eigenvalue weighted by atomic mass is 32.2. The Hall–Kier alpha value is -4.18. The molecule has 0 bridgehead atoms. The molecule has 0 radical (unpaired) electrons. The number of nitrogens with one attached hydrogen (secondary N) is 2. The van der Waals surface area contributed by atoms with Crippen LogP contribution in [-0.2, 0) is 26.2 Å². The summed E-state index contributed by atoms with van der Waals surface area (Å²) in [6.07, 6.45) is 1.30. The van der Waals surface area contributed by atoms with Gasteiger partial charge in [-0.15, -0.1) is 16.9 Å². The summed E-state index contributed by atoms with van der Waals surface area (Å²) in [6, 6.07) is 5.36. The van der Waals surface area contributed by atoms with Crippen molar-refractivity contribution in [3.8, 4) is 0 Å². The van der Waals surface area contributed by atoms with E-state index in [4.69, 9.17) is 0 Å². The third kappa shape index (κ3) is 6.43. The number of benzene rings is 1. The zero-order valence-corrected chi connectivity index (χ0v) is 24.2. The monoisotopic (exact) mass is 600 g/mol. The molecule has 2 aliphatic heterocycles. The van der Waals surface area contributed by atoms with Crippen molar-refractivity contribution in [2.75, 3.05) is 18.6 Å². The number of carboxylic acid groups (broad SMARTS) is 1. The molecule has 3 atom stereocenters. The van der Waals surface area contributed by atoms with Gasteiger partial charge in [-0.25, -0.2) is 14.3 Å². The van der Waals surface area contributed by atoms with Gasteiger partial charge in [-0.1, -0.05) is 47.7 Å². The summed E-state index contributed by atoms with van der Waals surface area (Å²) in [6.45, 7) is 3.43. The van der Waals surface area contributed by atoms with Crippen LogP contribution in [0.15, 0.2) is 58.4 Å². The fraction of sp³-hybridized carbons (Fsp3) is 0.360. The first kappa shape index (κ1) is 29.8. The third-order valence-corrected chi connectivity index (χ3v) is 8.65. The number of thioether (sulfide) groups is 2. The second-order valence-electron chi connectivity index (χ2n) is 9.44. The van der Waals surface area contributed by atoms with Gasteiger partial charge >= 0.3 is 12.0 Å². The van der Waals surface area contributed by atoms with Crippen molar-refractivity contribution in [2.24, 2.45) is 7.05 Å². The highest BCUT2D eigenvalue weighted by Crippen LogP contribution is 2.41. The summed E-state index contributed by atoms with van der Waals surface area (Å²) in [5, 5.41) is 26.2. The number of aromatic nitrogens is 4. The van der Waals surface area contributed by atoms with E-state index >= 15 is 0 Å². The van der Waals surface area contributed by atoms with Gasteiger partial charge < -0.3 is 15.7 Å². The average Bonchev–Trinajstić information content (AvgIpc) is 3.36. The van der Waals surface area contributed by atoms with Gasteiger partial charge in [-0.3, -0.25) is 24.2 Å². The number of carbonyl (C=O) groups excluding carboxylic acids is 4. The maximum absolute atomic E-state index is 13.4. The number of carbonyl (C=O) groups is 5. The molecule has 2 aromatic rings. The summed E-state index contributed by atoms with van der Waals surface area (Å²) in [5.41, 5.74) is 1.54. The van der Waals surface area contributed by atoms with E-state index in [0.717, 1.165) is 4.90 Å². The molecule has 1 fully saturated rings. The maximum atomic E-state index is 13.4.